The van der Waals surface area contributed by atoms with Crippen LogP contribution >= 0.6 is 63.4 Å². The summed E-state index contributed by atoms with van der Waals surface area (Å²) in [6, 6.07) is 0. The van der Waals surface area contributed by atoms with E-state index in [-0.39, 0.29) is 80.4 Å². The summed E-state index contributed by atoms with van der Waals surface area (Å²) in [6.07, 6.45) is 0. The van der Waals surface area contributed by atoms with Gasteiger partial charge in [0.1, 0.15) is 0 Å². The summed E-state index contributed by atoms with van der Waals surface area (Å²) in [5, 5.41) is 0. The van der Waals surface area contributed by atoms with Crippen LogP contribution < -0.4 is 0 Å². The van der Waals surface area contributed by atoms with Gasteiger partial charge in [0, 0.05) is 17.1 Å². The molecule has 0 saturated heterocycles. The number of hydrogen-bond acceptors (Lipinski definition) is 0. The van der Waals surface area contributed by atoms with Crippen LogP contribution in [0.1, 0.15) is 0 Å². The largest absolute Gasteiger partial charge is 0.147 e. The Kier molecular flexibility index (Phi) is 381. The van der Waals surface area contributed by atoms with E-state index in [1.165, 1.54) is 0 Å². The van der Waals surface area contributed by atoms with Crippen LogP contribution in [0.2, 0.25) is 0 Å². The zero-order valence-electron chi connectivity index (χ0n) is 2.04. The molecule has 0 unspecified atom stereocenters. The molecule has 0 nitrogen and oxygen atoms in total. The second-order valence-electron chi connectivity index (χ2n) is 0. The average Bonchev–Trinajstić information content (AvgIpc) is 0. The summed E-state index contributed by atoms with van der Waals surface area (Å²) in [5.74, 6) is 0. The van der Waals surface area contributed by atoms with E-state index in [0.29, 0.717) is 0 Å². The summed E-state index contributed by atoms with van der Waals surface area (Å²) in [5.41, 5.74) is 0. The van der Waals surface area contributed by atoms with E-state index in [1.807, 2.05) is 0 Å². The molecule has 0 rings (SSSR count). The molecular weight excluding hydrogens is 354 g/mol. The molecule has 0 amide bonds. The van der Waals surface area contributed by atoms with E-state index < -0.39 is 0 Å². The van der Waals surface area contributed by atoms with E-state index in [2.05, 4.69) is 0 Å². The standard InChI is InChI=1S/3BrH.ClH.Se/h4*1H;. The fourth-order valence-electron chi connectivity index (χ4n) is 0. The first-order valence-corrected chi connectivity index (χ1v) is 0. The molecular formula is H4Br3ClSe. The van der Waals surface area contributed by atoms with Crippen LogP contribution in [-0.4, -0.2) is 17.1 Å². The summed E-state index contributed by atoms with van der Waals surface area (Å²) in [4.78, 5) is 0. The monoisotopic (exact) mass is 356 g/mol. The van der Waals surface area contributed by atoms with E-state index in [1.54, 1.807) is 0 Å². The molecule has 0 aromatic rings. The quantitative estimate of drug-likeness (QED) is 0.580. The van der Waals surface area contributed by atoms with E-state index in [4.69, 9.17) is 0 Å². The Hall–Kier alpha value is 2.25. The van der Waals surface area contributed by atoms with Crippen LogP contribution in [0, 0.1) is 0 Å². The van der Waals surface area contributed by atoms with Crippen LogP contribution in [0.3, 0.4) is 0 Å². The molecule has 0 aliphatic carbocycles. The van der Waals surface area contributed by atoms with E-state index in [9.17, 15) is 0 Å². The van der Waals surface area contributed by atoms with Gasteiger partial charge in [-0.3, -0.25) is 0 Å². The van der Waals surface area contributed by atoms with E-state index >= 15 is 0 Å². The van der Waals surface area contributed by atoms with Crippen molar-refractivity contribution in [2.75, 3.05) is 0 Å². The first-order chi connectivity index (χ1) is 0. The van der Waals surface area contributed by atoms with Gasteiger partial charge in [-0.1, -0.05) is 0 Å². The van der Waals surface area contributed by atoms with Crippen molar-refractivity contribution in [2.45, 2.75) is 0 Å². The molecule has 0 aromatic heterocycles. The molecule has 0 aliphatic heterocycles. The Morgan fingerprint density at radius 3 is 0.600 bits per heavy atom. The number of halogens is 4. The van der Waals surface area contributed by atoms with Gasteiger partial charge >= 0.3 is 0 Å². The van der Waals surface area contributed by atoms with Gasteiger partial charge in [0.2, 0.25) is 0 Å². The van der Waals surface area contributed by atoms with Crippen LogP contribution in [0.5, 0.6) is 0 Å². The molecule has 0 saturated carbocycles. The van der Waals surface area contributed by atoms with Crippen molar-refractivity contribution in [3.8, 4) is 0 Å². The summed E-state index contributed by atoms with van der Waals surface area (Å²) in [6.45, 7) is 0. The van der Waals surface area contributed by atoms with E-state index in [0.717, 1.165) is 0 Å². The molecule has 0 atom stereocenters. The summed E-state index contributed by atoms with van der Waals surface area (Å²) >= 11 is 0. The first kappa shape index (κ1) is 56.0. The molecule has 2 radical (unpaired) electrons. The summed E-state index contributed by atoms with van der Waals surface area (Å²) in [7, 11) is 0. The van der Waals surface area contributed by atoms with Gasteiger partial charge in [0.05, 0.1) is 0 Å². The van der Waals surface area contributed by atoms with Crippen molar-refractivity contribution < 1.29 is 0 Å². The van der Waals surface area contributed by atoms with Crippen LogP contribution in [0.25, 0.3) is 0 Å². The fourth-order valence-corrected chi connectivity index (χ4v) is 0. The van der Waals surface area contributed by atoms with Crippen molar-refractivity contribution in [3.05, 3.63) is 0 Å². The molecule has 0 spiro atoms. The third kappa shape index (κ3) is 22.3. The van der Waals surface area contributed by atoms with Crippen molar-refractivity contribution in [1.82, 2.24) is 0 Å². The molecule has 0 aromatic carbocycles. The average molecular weight is 358 g/mol. The van der Waals surface area contributed by atoms with Gasteiger partial charge in [-0.05, 0) is 0 Å². The molecule has 38 valence electrons. The van der Waals surface area contributed by atoms with Crippen LogP contribution in [0.15, 0.2) is 0 Å². The minimum absolute atomic E-state index is 0. The predicted molar refractivity (Wildman–Crippen MR) is 44.0 cm³/mol. The van der Waals surface area contributed by atoms with Gasteiger partial charge in [-0.2, -0.15) is 0 Å². The first-order valence-electron chi connectivity index (χ1n) is 0. The fraction of sp³-hybridized carbons (Fsp3) is 0. The molecule has 5 heteroatoms. The molecule has 0 N–H and O–H groups in total. The Labute approximate surface area is 79.7 Å². The molecule has 0 fully saturated rings. The van der Waals surface area contributed by atoms with Gasteiger partial charge in [0.25, 0.3) is 0 Å². The zero-order valence-corrected chi connectivity index (χ0v) is 9.71. The number of rotatable bonds is 0. The van der Waals surface area contributed by atoms with Gasteiger partial charge < -0.3 is 0 Å². The zero-order chi connectivity index (χ0) is 0. The van der Waals surface area contributed by atoms with Crippen LogP contribution in [0.4, 0.5) is 0 Å². The second kappa shape index (κ2) is 34.0. The van der Waals surface area contributed by atoms with Gasteiger partial charge in [-0.15, -0.1) is 63.4 Å². The Morgan fingerprint density at radius 1 is 0.600 bits per heavy atom. The van der Waals surface area contributed by atoms with Crippen molar-refractivity contribution in [2.24, 2.45) is 0 Å². The van der Waals surface area contributed by atoms with Crippen LogP contribution in [-0.2, 0) is 0 Å². The molecule has 0 bridgehead atoms. The third-order valence-corrected chi connectivity index (χ3v) is 0. The predicted octanol–water partition coefficient (Wildman–Crippen LogP) is 1.77. The number of hydrogen-bond donors (Lipinski definition) is 0. The second-order valence-corrected chi connectivity index (χ2v) is 0. The maximum Gasteiger partial charge on any atom is 0 e. The maximum absolute atomic E-state index is 0. The molecule has 0 aliphatic rings. The van der Waals surface area contributed by atoms with Crippen molar-refractivity contribution in [3.63, 3.8) is 0 Å². The van der Waals surface area contributed by atoms with Gasteiger partial charge in [0.15, 0.2) is 0 Å². The maximum atomic E-state index is 0. The smallest absolute Gasteiger partial charge is 0 e. The Balaban J connectivity index is 0. The molecule has 0 heterocycles. The minimum Gasteiger partial charge on any atom is -0.147 e. The van der Waals surface area contributed by atoms with Crippen molar-refractivity contribution in [1.29, 1.82) is 0 Å². The topological polar surface area (TPSA) is 0 Å². The third-order valence-electron chi connectivity index (χ3n) is 0. The van der Waals surface area contributed by atoms with Crippen molar-refractivity contribution >= 4 is 80.4 Å². The summed E-state index contributed by atoms with van der Waals surface area (Å²) < 4.78 is 0. The van der Waals surface area contributed by atoms with Gasteiger partial charge in [-0.25, -0.2) is 0 Å². The Bertz CT molecular complexity index is 6.85. The minimum atomic E-state index is 0. The molecule has 5 heavy (non-hydrogen) atoms. The SMILES string of the molecule is Br.Br.Br.Cl.[Se]. The Morgan fingerprint density at radius 2 is 0.600 bits per heavy atom. The normalized spacial score (nSPS) is 0.